The number of rotatable bonds is 5. The lowest BCUT2D eigenvalue weighted by atomic mass is 9.81. The van der Waals surface area contributed by atoms with E-state index < -0.39 is 0 Å². The second-order valence-electron chi connectivity index (χ2n) is 7.82. The second kappa shape index (κ2) is 6.51. The van der Waals surface area contributed by atoms with Gasteiger partial charge in [-0.15, -0.1) is 0 Å². The van der Waals surface area contributed by atoms with E-state index in [4.69, 9.17) is 0 Å². The number of carbonyl (C=O) groups is 2. The number of hydrogen-bond acceptors (Lipinski definition) is 4. The van der Waals surface area contributed by atoms with Gasteiger partial charge in [-0.3, -0.25) is 9.59 Å². The molecule has 1 N–H and O–H groups in total. The van der Waals surface area contributed by atoms with Crippen molar-refractivity contribution in [2.24, 2.45) is 0 Å². The van der Waals surface area contributed by atoms with Crippen LogP contribution in [0.5, 0.6) is 0 Å². The molecule has 0 spiro atoms. The first-order chi connectivity index (χ1) is 12.5. The lowest BCUT2D eigenvalue weighted by molar-refractivity contribution is -0.114. The van der Waals surface area contributed by atoms with Crippen molar-refractivity contribution >= 4 is 17.3 Å². The Morgan fingerprint density at radius 2 is 2.12 bits per heavy atom. The molecule has 0 fully saturated rings. The number of fused-ring (bicyclic) bond motifs is 4. The molecule has 1 aliphatic heterocycles. The first-order valence-electron chi connectivity index (χ1n) is 9.56. The third-order valence-electron chi connectivity index (χ3n) is 5.79. The minimum atomic E-state index is 0.0901. The summed E-state index contributed by atoms with van der Waals surface area (Å²) in [6.45, 7) is 7.74. The minimum Gasteiger partial charge on any atom is -0.363 e. The highest BCUT2D eigenvalue weighted by Gasteiger charge is 2.43. The molecule has 0 radical (unpaired) electrons. The fourth-order valence-corrected chi connectivity index (χ4v) is 4.58. The topological polar surface area (TPSA) is 49.4 Å². The van der Waals surface area contributed by atoms with Crippen molar-refractivity contribution in [3.63, 3.8) is 0 Å². The Bertz CT molecular complexity index is 835. The van der Waals surface area contributed by atoms with Gasteiger partial charge in [-0.1, -0.05) is 26.0 Å². The highest BCUT2D eigenvalue weighted by atomic mass is 16.1. The molecule has 2 unspecified atom stereocenters. The molecule has 26 heavy (non-hydrogen) atoms. The van der Waals surface area contributed by atoms with Gasteiger partial charge in [0.1, 0.15) is 0 Å². The third kappa shape index (κ3) is 2.73. The van der Waals surface area contributed by atoms with Crippen molar-refractivity contribution in [1.82, 2.24) is 5.32 Å². The number of carbonyl (C=O) groups excluding carboxylic acids is 2. The van der Waals surface area contributed by atoms with Gasteiger partial charge in [-0.05, 0) is 42.7 Å². The molecule has 4 heteroatoms. The molecule has 1 heterocycles. The number of allylic oxidation sites excluding steroid dienone is 2. The number of nitrogens with zero attached hydrogens (tertiary/aromatic N) is 1. The molecule has 3 aliphatic rings. The summed E-state index contributed by atoms with van der Waals surface area (Å²) >= 11 is 0. The second-order valence-corrected chi connectivity index (χ2v) is 7.82. The Kier molecular flexibility index (Phi) is 4.31. The summed E-state index contributed by atoms with van der Waals surface area (Å²) < 4.78 is 0. The lowest BCUT2D eigenvalue weighted by Gasteiger charge is -2.31. The summed E-state index contributed by atoms with van der Waals surface area (Å²) in [5.41, 5.74) is 5.34. The first-order valence-corrected chi connectivity index (χ1v) is 9.56. The summed E-state index contributed by atoms with van der Waals surface area (Å²) in [4.78, 5) is 26.6. The van der Waals surface area contributed by atoms with Crippen LogP contribution in [0.3, 0.4) is 0 Å². The van der Waals surface area contributed by atoms with E-state index in [0.717, 1.165) is 30.6 Å². The fourth-order valence-electron chi connectivity index (χ4n) is 4.58. The Morgan fingerprint density at radius 1 is 1.31 bits per heavy atom. The Hall–Kier alpha value is -2.20. The van der Waals surface area contributed by atoms with Crippen LogP contribution in [0.4, 0.5) is 5.69 Å². The predicted molar refractivity (Wildman–Crippen MR) is 104 cm³/mol. The van der Waals surface area contributed by atoms with E-state index in [9.17, 15) is 9.59 Å². The van der Waals surface area contributed by atoms with E-state index in [-0.39, 0.29) is 23.5 Å². The molecule has 0 amide bonds. The molecular weight excluding hydrogens is 324 g/mol. The van der Waals surface area contributed by atoms with Crippen LogP contribution in [0.25, 0.3) is 0 Å². The molecule has 2 aliphatic carbocycles. The molecule has 4 rings (SSSR count). The number of Topliss-reactive ketones (excluding diaryl/α,β-unsaturated/α-hetero) is 2. The van der Waals surface area contributed by atoms with Crippen molar-refractivity contribution in [2.45, 2.75) is 51.6 Å². The molecule has 1 aromatic rings. The summed E-state index contributed by atoms with van der Waals surface area (Å²) in [6, 6.07) is 6.77. The number of benzene rings is 1. The lowest BCUT2D eigenvalue weighted by Crippen LogP contribution is -2.40. The van der Waals surface area contributed by atoms with Crippen molar-refractivity contribution < 1.29 is 9.59 Å². The van der Waals surface area contributed by atoms with Gasteiger partial charge in [0.05, 0.1) is 6.04 Å². The largest absolute Gasteiger partial charge is 0.363 e. The minimum absolute atomic E-state index is 0.0901. The van der Waals surface area contributed by atoms with Crippen LogP contribution in [0.2, 0.25) is 0 Å². The maximum atomic E-state index is 12.2. The smallest absolute Gasteiger partial charge is 0.163 e. The fraction of sp³-hybridized carbons (Fsp3) is 0.455. The van der Waals surface area contributed by atoms with Gasteiger partial charge in [-0.25, -0.2) is 0 Å². The van der Waals surface area contributed by atoms with E-state index in [1.165, 1.54) is 16.8 Å². The summed E-state index contributed by atoms with van der Waals surface area (Å²) in [5, 5.41) is 3.50. The van der Waals surface area contributed by atoms with Gasteiger partial charge in [0.15, 0.2) is 11.6 Å². The van der Waals surface area contributed by atoms with E-state index in [1.54, 1.807) is 6.92 Å². The number of nitrogens with one attached hydrogen (secondary N) is 1. The predicted octanol–water partition coefficient (Wildman–Crippen LogP) is 3.39. The zero-order valence-corrected chi connectivity index (χ0v) is 15.7. The van der Waals surface area contributed by atoms with Gasteiger partial charge in [-0.2, -0.15) is 0 Å². The van der Waals surface area contributed by atoms with Crippen molar-refractivity contribution in [2.75, 3.05) is 18.0 Å². The number of anilines is 1. The quantitative estimate of drug-likeness (QED) is 0.827. The van der Waals surface area contributed by atoms with Gasteiger partial charge in [0.25, 0.3) is 0 Å². The van der Waals surface area contributed by atoms with E-state index in [2.05, 4.69) is 42.3 Å². The van der Waals surface area contributed by atoms with Crippen LogP contribution in [0.15, 0.2) is 41.5 Å². The normalized spacial score (nSPS) is 23.5. The zero-order chi connectivity index (χ0) is 18.4. The van der Waals surface area contributed by atoms with Crippen LogP contribution in [-0.2, 0) is 4.79 Å². The standard InChI is InChI=1S/C22H26N2O2/c1-13(2)23-10-11-24-19-7-4-15(14(3)25)12-18(19)22-17-6-9-21(26)16(17)5-8-20(22)24/h4-5,7-8,12-13,20,22-23H,6,9-11H2,1-3H3. The molecule has 0 saturated carbocycles. The van der Waals surface area contributed by atoms with Gasteiger partial charge in [0.2, 0.25) is 0 Å². The summed E-state index contributed by atoms with van der Waals surface area (Å²) in [6.07, 6.45) is 5.69. The molecule has 136 valence electrons. The van der Waals surface area contributed by atoms with Crippen molar-refractivity contribution in [3.05, 3.63) is 52.6 Å². The molecule has 4 nitrogen and oxygen atoms in total. The highest BCUT2D eigenvalue weighted by Crippen LogP contribution is 2.51. The van der Waals surface area contributed by atoms with Gasteiger partial charge in [0, 0.05) is 48.3 Å². The number of hydrogen-bond donors (Lipinski definition) is 1. The maximum absolute atomic E-state index is 12.2. The molecular formula is C22H26N2O2. The number of ketones is 2. The SMILES string of the molecule is CC(=O)c1ccc2c(c1)C1C3=C(C=CC1N2CCNC(C)C)C(=O)CC3. The third-order valence-corrected chi connectivity index (χ3v) is 5.79. The van der Waals surface area contributed by atoms with Crippen LogP contribution in [-0.4, -0.2) is 36.7 Å². The van der Waals surface area contributed by atoms with E-state index in [1.807, 2.05) is 12.1 Å². The van der Waals surface area contributed by atoms with Crippen LogP contribution >= 0.6 is 0 Å². The Morgan fingerprint density at radius 3 is 2.85 bits per heavy atom. The Labute approximate surface area is 155 Å². The van der Waals surface area contributed by atoms with Gasteiger partial charge < -0.3 is 10.2 Å². The van der Waals surface area contributed by atoms with E-state index >= 15 is 0 Å². The average molecular weight is 350 g/mol. The van der Waals surface area contributed by atoms with E-state index in [0.29, 0.717) is 12.5 Å². The maximum Gasteiger partial charge on any atom is 0.163 e. The molecule has 2 atom stereocenters. The van der Waals surface area contributed by atoms with Crippen LogP contribution < -0.4 is 10.2 Å². The highest BCUT2D eigenvalue weighted by molar-refractivity contribution is 6.02. The first kappa shape index (κ1) is 17.2. The zero-order valence-electron chi connectivity index (χ0n) is 15.7. The molecule has 0 bridgehead atoms. The van der Waals surface area contributed by atoms with Crippen LogP contribution in [0, 0.1) is 0 Å². The summed E-state index contributed by atoms with van der Waals surface area (Å²) in [5.74, 6) is 0.557. The molecule has 0 saturated heterocycles. The monoisotopic (exact) mass is 350 g/mol. The van der Waals surface area contributed by atoms with Crippen LogP contribution in [0.1, 0.15) is 55.5 Å². The van der Waals surface area contributed by atoms with Gasteiger partial charge >= 0.3 is 0 Å². The molecule has 0 aromatic heterocycles. The molecule has 1 aromatic carbocycles. The van der Waals surface area contributed by atoms with Crippen molar-refractivity contribution in [3.8, 4) is 0 Å². The van der Waals surface area contributed by atoms with Crippen molar-refractivity contribution in [1.29, 1.82) is 0 Å². The average Bonchev–Trinajstić information content (AvgIpc) is 3.13. The Balaban J connectivity index is 1.74. The summed E-state index contributed by atoms with van der Waals surface area (Å²) in [7, 11) is 0.